The minimum absolute atomic E-state index is 0.214. The molecular weight excluding hydrogens is 372 g/mol. The third-order valence-electron chi connectivity index (χ3n) is 4.65. The molecule has 0 aliphatic carbocycles. The molecule has 0 saturated heterocycles. The van der Waals surface area contributed by atoms with E-state index in [9.17, 15) is 4.79 Å². The number of para-hydroxylation sites is 3. The number of fused-ring (bicyclic) bond motifs is 2. The van der Waals surface area contributed by atoms with Crippen LogP contribution in [-0.4, -0.2) is 43.9 Å². The minimum Gasteiger partial charge on any atom is -0.494 e. The topological polar surface area (TPSA) is 78.9 Å². The van der Waals surface area contributed by atoms with Crippen LogP contribution in [0.25, 0.3) is 10.9 Å². The van der Waals surface area contributed by atoms with E-state index >= 15 is 0 Å². The molecule has 0 radical (unpaired) electrons. The highest BCUT2D eigenvalue weighted by atomic mass is 16.6. The first-order valence-electron chi connectivity index (χ1n) is 9.46. The molecule has 2 aromatic carbocycles. The number of aromatic nitrogens is 1. The summed E-state index contributed by atoms with van der Waals surface area (Å²) in [4.78, 5) is 16.9. The molecule has 7 nitrogen and oxygen atoms in total. The number of hydrogen-bond donors (Lipinski definition) is 1. The molecule has 4 rings (SSSR count). The largest absolute Gasteiger partial charge is 0.494 e. The fourth-order valence-electron chi connectivity index (χ4n) is 3.29. The van der Waals surface area contributed by atoms with Crippen LogP contribution < -0.4 is 19.5 Å². The van der Waals surface area contributed by atoms with Crippen molar-refractivity contribution in [3.05, 3.63) is 54.2 Å². The second-order valence-corrected chi connectivity index (χ2v) is 6.50. The van der Waals surface area contributed by atoms with Crippen molar-refractivity contribution in [1.29, 1.82) is 0 Å². The summed E-state index contributed by atoms with van der Waals surface area (Å²) in [5.74, 6) is 1.64. The van der Waals surface area contributed by atoms with Gasteiger partial charge in [0.25, 0.3) is 0 Å². The third kappa shape index (κ3) is 3.76. The lowest BCUT2D eigenvalue weighted by molar-refractivity contribution is 0.0527. The molecular formula is C22H22N2O5. The number of rotatable bonds is 6. The van der Waals surface area contributed by atoms with Crippen molar-refractivity contribution in [2.75, 3.05) is 32.2 Å². The monoisotopic (exact) mass is 394 g/mol. The number of benzene rings is 2. The van der Waals surface area contributed by atoms with E-state index in [1.54, 1.807) is 14.0 Å². The van der Waals surface area contributed by atoms with Gasteiger partial charge in [0, 0.05) is 11.6 Å². The zero-order chi connectivity index (χ0) is 20.2. The highest BCUT2D eigenvalue weighted by Gasteiger charge is 2.23. The van der Waals surface area contributed by atoms with Gasteiger partial charge in [-0.1, -0.05) is 24.3 Å². The van der Waals surface area contributed by atoms with Gasteiger partial charge < -0.3 is 24.3 Å². The lowest BCUT2D eigenvalue weighted by Gasteiger charge is -2.27. The number of hydrogen-bond acceptors (Lipinski definition) is 7. The van der Waals surface area contributed by atoms with Crippen LogP contribution in [0.2, 0.25) is 0 Å². The maximum absolute atomic E-state index is 12.5. The van der Waals surface area contributed by atoms with Crippen LogP contribution in [0.1, 0.15) is 17.3 Å². The molecule has 1 aromatic heterocycles. The van der Waals surface area contributed by atoms with E-state index in [1.165, 1.54) is 6.20 Å². The lowest BCUT2D eigenvalue weighted by Crippen LogP contribution is -2.35. The first-order valence-corrected chi connectivity index (χ1v) is 9.46. The number of esters is 1. The summed E-state index contributed by atoms with van der Waals surface area (Å²) in [6, 6.07) is 13.1. The Morgan fingerprint density at radius 1 is 1.21 bits per heavy atom. The van der Waals surface area contributed by atoms with Gasteiger partial charge in [-0.3, -0.25) is 4.98 Å². The standard InChI is InChI=1S/C22H22N2O5/c1-3-27-22(25)16-12-24-21-15(7-6-10-19(21)26-2)20(16)23-11-14-13-28-17-8-4-5-9-18(17)29-14/h4-10,12,14H,3,11,13H2,1-2H3,(H,23,24). The van der Waals surface area contributed by atoms with Crippen molar-refractivity contribution in [2.45, 2.75) is 13.0 Å². The zero-order valence-electron chi connectivity index (χ0n) is 16.3. The predicted octanol–water partition coefficient (Wildman–Crippen LogP) is 3.67. The minimum atomic E-state index is -0.432. The van der Waals surface area contributed by atoms with Crippen molar-refractivity contribution in [1.82, 2.24) is 4.98 Å². The van der Waals surface area contributed by atoms with E-state index in [0.717, 1.165) is 11.1 Å². The van der Waals surface area contributed by atoms with Crippen LogP contribution in [0.5, 0.6) is 17.2 Å². The summed E-state index contributed by atoms with van der Waals surface area (Å²) in [6.45, 7) is 2.90. The molecule has 1 atom stereocenters. The van der Waals surface area contributed by atoms with Crippen molar-refractivity contribution >= 4 is 22.6 Å². The van der Waals surface area contributed by atoms with Gasteiger partial charge in [0.15, 0.2) is 11.5 Å². The molecule has 7 heteroatoms. The number of anilines is 1. The number of carbonyl (C=O) groups is 1. The Morgan fingerprint density at radius 3 is 2.83 bits per heavy atom. The van der Waals surface area contributed by atoms with Gasteiger partial charge >= 0.3 is 5.97 Å². The van der Waals surface area contributed by atoms with Crippen molar-refractivity contribution in [3.63, 3.8) is 0 Å². The van der Waals surface area contributed by atoms with Crippen LogP contribution in [0, 0.1) is 0 Å². The Bertz CT molecular complexity index is 1040. The number of carbonyl (C=O) groups excluding carboxylic acids is 1. The average molecular weight is 394 g/mol. The number of pyridine rings is 1. The summed E-state index contributed by atoms with van der Waals surface area (Å²) in [6.07, 6.45) is 1.30. The van der Waals surface area contributed by atoms with Crippen LogP contribution in [0.15, 0.2) is 48.7 Å². The molecule has 3 aromatic rings. The Hall–Kier alpha value is -3.48. The molecule has 1 unspecified atom stereocenters. The summed E-state index contributed by atoms with van der Waals surface area (Å²) < 4.78 is 22.4. The van der Waals surface area contributed by atoms with Crippen LogP contribution in [0.3, 0.4) is 0 Å². The van der Waals surface area contributed by atoms with Gasteiger partial charge in [0.1, 0.15) is 29.5 Å². The summed E-state index contributed by atoms with van der Waals surface area (Å²) in [7, 11) is 1.59. The molecule has 0 saturated carbocycles. The molecule has 1 aliphatic rings. The summed E-state index contributed by atoms with van der Waals surface area (Å²) in [5.41, 5.74) is 1.66. The predicted molar refractivity (Wildman–Crippen MR) is 109 cm³/mol. The second-order valence-electron chi connectivity index (χ2n) is 6.50. The quantitative estimate of drug-likeness (QED) is 0.639. The molecule has 0 spiro atoms. The normalized spacial score (nSPS) is 15.0. The molecule has 0 fully saturated rings. The maximum Gasteiger partial charge on any atom is 0.341 e. The molecule has 29 heavy (non-hydrogen) atoms. The first-order chi connectivity index (χ1) is 14.2. The Balaban J connectivity index is 1.64. The Kier molecular flexibility index (Phi) is 5.37. The molecule has 1 aliphatic heterocycles. The number of ether oxygens (including phenoxy) is 4. The summed E-state index contributed by atoms with van der Waals surface area (Å²) >= 11 is 0. The van der Waals surface area contributed by atoms with E-state index in [2.05, 4.69) is 10.3 Å². The molecule has 0 amide bonds. The van der Waals surface area contributed by atoms with Gasteiger partial charge in [0.05, 0.1) is 25.9 Å². The van der Waals surface area contributed by atoms with E-state index in [0.29, 0.717) is 41.4 Å². The number of nitrogens with one attached hydrogen (secondary N) is 1. The van der Waals surface area contributed by atoms with E-state index in [-0.39, 0.29) is 12.7 Å². The zero-order valence-corrected chi connectivity index (χ0v) is 16.3. The second kappa shape index (κ2) is 8.26. The molecule has 0 bridgehead atoms. The highest BCUT2D eigenvalue weighted by molar-refractivity contribution is 6.06. The highest BCUT2D eigenvalue weighted by Crippen LogP contribution is 2.33. The van der Waals surface area contributed by atoms with Gasteiger partial charge in [-0.05, 0) is 25.1 Å². The van der Waals surface area contributed by atoms with Crippen molar-refractivity contribution < 1.29 is 23.7 Å². The fraction of sp³-hybridized carbons (Fsp3) is 0.273. The van der Waals surface area contributed by atoms with Crippen LogP contribution in [-0.2, 0) is 4.74 Å². The summed E-state index contributed by atoms with van der Waals surface area (Å²) in [5, 5.41) is 4.12. The number of nitrogens with zero attached hydrogens (tertiary/aromatic N) is 1. The van der Waals surface area contributed by atoms with Gasteiger partial charge in [-0.15, -0.1) is 0 Å². The van der Waals surface area contributed by atoms with E-state index < -0.39 is 5.97 Å². The van der Waals surface area contributed by atoms with E-state index in [1.807, 2.05) is 42.5 Å². The van der Waals surface area contributed by atoms with Crippen molar-refractivity contribution in [2.24, 2.45) is 0 Å². The number of methoxy groups -OCH3 is 1. The lowest BCUT2D eigenvalue weighted by atomic mass is 10.1. The smallest absolute Gasteiger partial charge is 0.341 e. The van der Waals surface area contributed by atoms with Crippen molar-refractivity contribution in [3.8, 4) is 17.2 Å². The van der Waals surface area contributed by atoms with E-state index in [4.69, 9.17) is 18.9 Å². The van der Waals surface area contributed by atoms with Crippen LogP contribution in [0.4, 0.5) is 5.69 Å². The molecule has 150 valence electrons. The third-order valence-corrected chi connectivity index (χ3v) is 4.65. The first kappa shape index (κ1) is 18.9. The Labute approximate surface area is 168 Å². The van der Waals surface area contributed by atoms with Gasteiger partial charge in [-0.2, -0.15) is 0 Å². The van der Waals surface area contributed by atoms with Gasteiger partial charge in [0.2, 0.25) is 0 Å². The molecule has 2 heterocycles. The average Bonchev–Trinajstić information content (AvgIpc) is 2.76. The Morgan fingerprint density at radius 2 is 2.03 bits per heavy atom. The fourth-order valence-corrected chi connectivity index (χ4v) is 3.29. The van der Waals surface area contributed by atoms with Gasteiger partial charge in [-0.25, -0.2) is 4.79 Å². The maximum atomic E-state index is 12.5. The van der Waals surface area contributed by atoms with Crippen LogP contribution >= 0.6 is 0 Å². The SMILES string of the molecule is CCOC(=O)c1cnc2c(OC)cccc2c1NCC1COc2ccccc2O1. The molecule has 1 N–H and O–H groups in total.